The van der Waals surface area contributed by atoms with Crippen molar-refractivity contribution in [2.24, 2.45) is 0 Å². The third-order valence-electron chi connectivity index (χ3n) is 2.76. The summed E-state index contributed by atoms with van der Waals surface area (Å²) < 4.78 is 0. The maximum atomic E-state index is 4.22. The van der Waals surface area contributed by atoms with E-state index >= 15 is 0 Å². The molecular weight excluding hydrogens is 196 g/mol. The molecule has 0 amide bonds. The van der Waals surface area contributed by atoms with E-state index in [1.54, 1.807) is 0 Å². The molecule has 0 unspecified atom stereocenters. The smallest absolute Gasteiger partial charge is 0.0454 e. The highest BCUT2D eigenvalue weighted by Gasteiger charge is 2.00. The molecule has 3 rings (SSSR count). The van der Waals surface area contributed by atoms with Gasteiger partial charge in [-0.25, -0.2) is 0 Å². The van der Waals surface area contributed by atoms with Gasteiger partial charge in [0.2, 0.25) is 0 Å². The molecule has 2 heteroatoms. The van der Waals surface area contributed by atoms with Crippen LogP contribution in [0.25, 0.3) is 22.0 Å². The number of pyridine rings is 1. The first-order valence-electron chi connectivity index (χ1n) is 5.32. The number of hydrogen-bond acceptors (Lipinski definition) is 1. The van der Waals surface area contributed by atoms with Crippen molar-refractivity contribution in [3.05, 3.63) is 54.5 Å². The van der Waals surface area contributed by atoms with Crippen LogP contribution in [0.15, 0.2) is 48.9 Å². The Morgan fingerprint density at radius 3 is 2.81 bits per heavy atom. The van der Waals surface area contributed by atoms with E-state index in [0.717, 1.165) is 0 Å². The topological polar surface area (TPSA) is 28.7 Å². The third-order valence-corrected chi connectivity index (χ3v) is 2.76. The van der Waals surface area contributed by atoms with Gasteiger partial charge in [0.25, 0.3) is 0 Å². The zero-order valence-corrected chi connectivity index (χ0v) is 9.07. The maximum Gasteiger partial charge on any atom is 0.0454 e. The van der Waals surface area contributed by atoms with Crippen LogP contribution in [0.3, 0.4) is 0 Å². The van der Waals surface area contributed by atoms with E-state index in [9.17, 15) is 0 Å². The summed E-state index contributed by atoms with van der Waals surface area (Å²) in [5.41, 5.74) is 4.74. The first-order valence-corrected chi connectivity index (χ1v) is 5.32. The van der Waals surface area contributed by atoms with Gasteiger partial charge >= 0.3 is 0 Å². The first-order chi connectivity index (χ1) is 7.83. The van der Waals surface area contributed by atoms with Crippen LogP contribution in [0.5, 0.6) is 0 Å². The zero-order chi connectivity index (χ0) is 11.0. The van der Waals surface area contributed by atoms with Gasteiger partial charge in [0.1, 0.15) is 0 Å². The summed E-state index contributed by atoms with van der Waals surface area (Å²) in [6, 6.07) is 10.6. The third kappa shape index (κ3) is 1.48. The Morgan fingerprint density at radius 2 is 1.94 bits per heavy atom. The summed E-state index contributed by atoms with van der Waals surface area (Å²) in [6.45, 7) is 2.06. The van der Waals surface area contributed by atoms with E-state index in [0.29, 0.717) is 0 Å². The van der Waals surface area contributed by atoms with Gasteiger partial charge in [-0.3, -0.25) is 4.98 Å². The van der Waals surface area contributed by atoms with Gasteiger partial charge < -0.3 is 4.98 Å². The number of aromatic amines is 1. The van der Waals surface area contributed by atoms with Crippen molar-refractivity contribution < 1.29 is 0 Å². The van der Waals surface area contributed by atoms with E-state index in [1.165, 1.54) is 27.6 Å². The van der Waals surface area contributed by atoms with E-state index in [1.807, 2.05) is 18.6 Å². The first kappa shape index (κ1) is 9.16. The van der Waals surface area contributed by atoms with E-state index in [-0.39, 0.29) is 0 Å². The highest BCUT2D eigenvalue weighted by Crippen LogP contribution is 2.23. The van der Waals surface area contributed by atoms with Crippen LogP contribution in [0, 0.1) is 6.92 Å². The number of aryl methyl sites for hydroxylation is 1. The van der Waals surface area contributed by atoms with Crippen molar-refractivity contribution in [1.29, 1.82) is 0 Å². The quantitative estimate of drug-likeness (QED) is 0.651. The number of hydrogen-bond donors (Lipinski definition) is 1. The predicted octanol–water partition coefficient (Wildman–Crippen LogP) is 3.54. The van der Waals surface area contributed by atoms with E-state index in [2.05, 4.69) is 47.2 Å². The lowest BCUT2D eigenvalue weighted by molar-refractivity contribution is 1.27. The van der Waals surface area contributed by atoms with Crippen molar-refractivity contribution in [1.82, 2.24) is 9.97 Å². The number of nitrogens with zero attached hydrogens (tertiary/aromatic N) is 1. The van der Waals surface area contributed by atoms with Gasteiger partial charge in [-0.15, -0.1) is 0 Å². The summed E-state index contributed by atoms with van der Waals surface area (Å²) in [6.07, 6.45) is 5.74. The molecule has 0 bridgehead atoms. The molecule has 0 aliphatic carbocycles. The van der Waals surface area contributed by atoms with Gasteiger partial charge in [0.15, 0.2) is 0 Å². The number of aromatic nitrogens is 2. The summed E-state index contributed by atoms with van der Waals surface area (Å²) in [4.78, 5) is 7.41. The van der Waals surface area contributed by atoms with Crippen molar-refractivity contribution in [2.75, 3.05) is 0 Å². The molecule has 0 atom stereocenters. The van der Waals surface area contributed by atoms with Gasteiger partial charge in [-0.05, 0) is 47.7 Å². The second kappa shape index (κ2) is 3.49. The molecule has 78 valence electrons. The molecule has 2 heterocycles. The number of benzene rings is 1. The van der Waals surface area contributed by atoms with Crippen LogP contribution in [-0.2, 0) is 0 Å². The van der Waals surface area contributed by atoms with Crippen molar-refractivity contribution in [2.45, 2.75) is 6.92 Å². The average molecular weight is 208 g/mol. The largest absolute Gasteiger partial charge is 0.361 e. The molecule has 0 spiro atoms. The van der Waals surface area contributed by atoms with Crippen molar-refractivity contribution >= 4 is 10.9 Å². The number of nitrogens with one attached hydrogen (secondary N) is 1. The van der Waals surface area contributed by atoms with Gasteiger partial charge in [0, 0.05) is 29.7 Å². The molecule has 2 aromatic heterocycles. The molecule has 0 aliphatic heterocycles. The minimum absolute atomic E-state index is 1.17. The summed E-state index contributed by atoms with van der Waals surface area (Å²) in [7, 11) is 0. The van der Waals surface area contributed by atoms with Crippen LogP contribution >= 0.6 is 0 Å². The molecule has 0 fully saturated rings. The molecule has 0 radical (unpaired) electrons. The molecule has 1 aromatic carbocycles. The molecule has 3 aromatic rings. The Hall–Kier alpha value is -2.09. The maximum absolute atomic E-state index is 4.22. The van der Waals surface area contributed by atoms with Crippen LogP contribution in [0.1, 0.15) is 5.56 Å². The fraction of sp³-hybridized carbons (Fsp3) is 0.0714. The Kier molecular flexibility index (Phi) is 2.00. The Balaban J connectivity index is 2.18. The standard InChI is InChI=1S/C14H12N2/c1-10-6-13(9-15-8-10)11-2-3-14-12(7-11)4-5-16-14/h2-9,16H,1H3. The lowest BCUT2D eigenvalue weighted by Crippen LogP contribution is -1.82. The van der Waals surface area contributed by atoms with Crippen LogP contribution in [-0.4, -0.2) is 9.97 Å². The second-order valence-corrected chi connectivity index (χ2v) is 4.03. The monoisotopic (exact) mass is 208 g/mol. The Bertz CT molecular complexity index is 638. The van der Waals surface area contributed by atoms with Crippen molar-refractivity contribution in [3.63, 3.8) is 0 Å². The van der Waals surface area contributed by atoms with Crippen LogP contribution in [0.4, 0.5) is 0 Å². The van der Waals surface area contributed by atoms with Gasteiger partial charge in [-0.1, -0.05) is 6.07 Å². The number of fused-ring (bicyclic) bond motifs is 1. The average Bonchev–Trinajstić information content (AvgIpc) is 2.75. The molecule has 0 saturated carbocycles. The number of H-pyrrole nitrogens is 1. The fourth-order valence-corrected chi connectivity index (χ4v) is 1.95. The Morgan fingerprint density at radius 1 is 1.00 bits per heavy atom. The normalized spacial score (nSPS) is 10.8. The van der Waals surface area contributed by atoms with Gasteiger partial charge in [-0.2, -0.15) is 0 Å². The van der Waals surface area contributed by atoms with E-state index < -0.39 is 0 Å². The summed E-state index contributed by atoms with van der Waals surface area (Å²) in [5.74, 6) is 0. The molecule has 1 N–H and O–H groups in total. The molecule has 0 aliphatic rings. The highest BCUT2D eigenvalue weighted by molar-refractivity contribution is 5.84. The highest BCUT2D eigenvalue weighted by atomic mass is 14.7. The van der Waals surface area contributed by atoms with Crippen LogP contribution < -0.4 is 0 Å². The molecule has 2 nitrogen and oxygen atoms in total. The summed E-state index contributed by atoms with van der Waals surface area (Å²) in [5, 5.41) is 1.24. The second-order valence-electron chi connectivity index (χ2n) is 4.03. The van der Waals surface area contributed by atoms with Crippen LogP contribution in [0.2, 0.25) is 0 Å². The predicted molar refractivity (Wildman–Crippen MR) is 66.3 cm³/mol. The molecule has 0 saturated heterocycles. The SMILES string of the molecule is Cc1cncc(-c2ccc3[nH]ccc3c2)c1. The fourth-order valence-electron chi connectivity index (χ4n) is 1.95. The van der Waals surface area contributed by atoms with Crippen molar-refractivity contribution in [3.8, 4) is 11.1 Å². The molecular formula is C14H12N2. The zero-order valence-electron chi connectivity index (χ0n) is 9.07. The lowest BCUT2D eigenvalue weighted by Gasteiger charge is -2.02. The summed E-state index contributed by atoms with van der Waals surface area (Å²) >= 11 is 0. The van der Waals surface area contributed by atoms with Gasteiger partial charge in [0.05, 0.1) is 0 Å². The lowest BCUT2D eigenvalue weighted by atomic mass is 10.0. The number of rotatable bonds is 1. The molecule has 16 heavy (non-hydrogen) atoms. The van der Waals surface area contributed by atoms with E-state index in [4.69, 9.17) is 0 Å². The minimum Gasteiger partial charge on any atom is -0.361 e. The Labute approximate surface area is 94.0 Å². The minimum atomic E-state index is 1.17.